The molecule has 1 aliphatic rings. The second-order valence-electron chi connectivity index (χ2n) is 4.53. The number of esters is 2. The molecule has 8 heteroatoms. The van der Waals surface area contributed by atoms with E-state index in [9.17, 15) is 19.8 Å². The van der Waals surface area contributed by atoms with Crippen LogP contribution in [0.4, 0.5) is 0 Å². The number of hydrogen-bond donors (Lipinski definition) is 3. The average molecular weight is 342 g/mol. The Bertz CT molecular complexity index is 318. The fraction of sp³-hybridized carbons (Fsp3) is 0.818. The molecule has 0 amide bonds. The number of carbonyl (C=O) groups excluding carboxylic acids is 2. The van der Waals surface area contributed by atoms with Crippen LogP contribution in [-0.2, 0) is 19.1 Å². The molecule has 0 aliphatic carbocycles. The number of piperidine rings is 1. The van der Waals surface area contributed by atoms with Gasteiger partial charge in [0.25, 0.3) is 0 Å². The fourth-order valence-corrected chi connectivity index (χ4v) is 2.55. The topological polar surface area (TPSA) is 105 Å². The third-order valence-corrected chi connectivity index (χ3v) is 3.35. The van der Waals surface area contributed by atoms with Gasteiger partial charge in [0.1, 0.15) is 11.8 Å². The molecule has 1 aliphatic heterocycles. The standard InChI is InChI=1S/C11H19NO6.BrH/c1-5-7(9(13)17-3)11(15,16)8(6(2)12-5)10(14)18-4;/h5-8,12,15-16H,1-4H3;1H/t5-,6+,7?,8?;. The Hall–Kier alpha value is -0.700. The van der Waals surface area contributed by atoms with Gasteiger partial charge in [0, 0.05) is 12.1 Å². The van der Waals surface area contributed by atoms with E-state index in [-0.39, 0.29) is 17.0 Å². The van der Waals surface area contributed by atoms with E-state index in [1.165, 1.54) is 0 Å². The zero-order valence-corrected chi connectivity index (χ0v) is 13.0. The highest BCUT2D eigenvalue weighted by Gasteiger charge is 2.58. The van der Waals surface area contributed by atoms with Gasteiger partial charge in [0.2, 0.25) is 0 Å². The Morgan fingerprint density at radius 2 is 1.32 bits per heavy atom. The lowest BCUT2D eigenvalue weighted by Crippen LogP contribution is -2.68. The van der Waals surface area contributed by atoms with Crippen molar-refractivity contribution in [2.75, 3.05) is 14.2 Å². The number of carbonyl (C=O) groups is 2. The van der Waals surface area contributed by atoms with Gasteiger partial charge in [-0.3, -0.25) is 9.59 Å². The molecule has 1 fully saturated rings. The van der Waals surface area contributed by atoms with Crippen LogP contribution in [0.15, 0.2) is 0 Å². The molecule has 7 nitrogen and oxygen atoms in total. The van der Waals surface area contributed by atoms with Crippen LogP contribution in [0.2, 0.25) is 0 Å². The van der Waals surface area contributed by atoms with Gasteiger partial charge in [-0.15, -0.1) is 17.0 Å². The quantitative estimate of drug-likeness (QED) is 0.446. The van der Waals surface area contributed by atoms with Crippen LogP contribution in [0.25, 0.3) is 0 Å². The Labute approximate surface area is 122 Å². The van der Waals surface area contributed by atoms with Crippen LogP contribution >= 0.6 is 17.0 Å². The van der Waals surface area contributed by atoms with Gasteiger partial charge in [-0.25, -0.2) is 0 Å². The molecule has 0 aromatic heterocycles. The summed E-state index contributed by atoms with van der Waals surface area (Å²) in [6.45, 7) is 3.24. The van der Waals surface area contributed by atoms with Crippen molar-refractivity contribution in [2.24, 2.45) is 11.8 Å². The maximum absolute atomic E-state index is 11.6. The van der Waals surface area contributed by atoms with Crippen molar-refractivity contribution in [1.29, 1.82) is 0 Å². The zero-order valence-electron chi connectivity index (χ0n) is 11.2. The highest BCUT2D eigenvalue weighted by Crippen LogP contribution is 2.35. The average Bonchev–Trinajstić information content (AvgIpc) is 2.26. The highest BCUT2D eigenvalue weighted by molar-refractivity contribution is 8.93. The summed E-state index contributed by atoms with van der Waals surface area (Å²) in [5.74, 6) is -6.61. The summed E-state index contributed by atoms with van der Waals surface area (Å²) in [5.41, 5.74) is 0. The number of halogens is 1. The summed E-state index contributed by atoms with van der Waals surface area (Å²) >= 11 is 0. The van der Waals surface area contributed by atoms with Gasteiger partial charge in [0.15, 0.2) is 5.79 Å². The minimum atomic E-state index is -2.51. The smallest absolute Gasteiger partial charge is 0.315 e. The van der Waals surface area contributed by atoms with Gasteiger partial charge in [-0.2, -0.15) is 0 Å². The van der Waals surface area contributed by atoms with E-state index in [0.29, 0.717) is 0 Å². The Kier molecular flexibility index (Phi) is 6.40. The van der Waals surface area contributed by atoms with E-state index in [4.69, 9.17) is 0 Å². The minimum Gasteiger partial charge on any atom is -0.469 e. The molecular weight excluding hydrogens is 322 g/mol. The number of aliphatic hydroxyl groups is 2. The number of ether oxygens (including phenoxy) is 2. The molecule has 0 spiro atoms. The van der Waals surface area contributed by atoms with Crippen LogP contribution < -0.4 is 5.32 Å². The molecule has 1 saturated heterocycles. The molecule has 112 valence electrons. The lowest BCUT2D eigenvalue weighted by Gasteiger charge is -2.46. The van der Waals surface area contributed by atoms with Crippen LogP contribution in [0, 0.1) is 11.8 Å². The van der Waals surface area contributed by atoms with Gasteiger partial charge < -0.3 is 25.0 Å². The summed E-state index contributed by atoms with van der Waals surface area (Å²) in [6, 6.07) is -1.08. The first-order chi connectivity index (χ1) is 8.27. The van der Waals surface area contributed by atoms with E-state index < -0.39 is 41.6 Å². The summed E-state index contributed by atoms with van der Waals surface area (Å²) in [6.07, 6.45) is 0. The van der Waals surface area contributed by atoms with E-state index in [0.717, 1.165) is 14.2 Å². The monoisotopic (exact) mass is 341 g/mol. The van der Waals surface area contributed by atoms with Crippen molar-refractivity contribution in [3.05, 3.63) is 0 Å². The summed E-state index contributed by atoms with van der Waals surface area (Å²) in [7, 11) is 2.30. The molecule has 1 heterocycles. The third-order valence-electron chi connectivity index (χ3n) is 3.35. The molecule has 3 N–H and O–H groups in total. The third kappa shape index (κ3) is 3.25. The number of nitrogens with one attached hydrogen (secondary N) is 1. The Morgan fingerprint density at radius 3 is 1.58 bits per heavy atom. The van der Waals surface area contributed by atoms with Crippen molar-refractivity contribution in [3.63, 3.8) is 0 Å². The molecule has 1 rings (SSSR count). The van der Waals surface area contributed by atoms with Crippen LogP contribution in [0.3, 0.4) is 0 Å². The van der Waals surface area contributed by atoms with E-state index in [2.05, 4.69) is 14.8 Å². The molecule has 0 radical (unpaired) electrons. The summed E-state index contributed by atoms with van der Waals surface area (Å²) < 4.78 is 9.08. The number of methoxy groups -OCH3 is 2. The van der Waals surface area contributed by atoms with Crippen molar-refractivity contribution in [2.45, 2.75) is 31.7 Å². The molecule has 19 heavy (non-hydrogen) atoms. The molecule has 0 aromatic rings. The Balaban J connectivity index is 0.00000324. The normalized spacial score (nSPS) is 32.9. The van der Waals surface area contributed by atoms with Crippen LogP contribution in [0.1, 0.15) is 13.8 Å². The van der Waals surface area contributed by atoms with Gasteiger partial charge >= 0.3 is 11.9 Å². The molecule has 0 saturated carbocycles. The van der Waals surface area contributed by atoms with Gasteiger partial charge in [-0.1, -0.05) is 0 Å². The van der Waals surface area contributed by atoms with Crippen molar-refractivity contribution >= 4 is 28.9 Å². The SMILES string of the molecule is Br.COC(=O)C1[C@H](C)N[C@H](C)C(C(=O)OC)C1(O)O. The molecular formula is C11H20BrNO6. The number of rotatable bonds is 2. The summed E-state index contributed by atoms with van der Waals surface area (Å²) in [5, 5.41) is 23.2. The first-order valence-electron chi connectivity index (χ1n) is 5.63. The van der Waals surface area contributed by atoms with Crippen molar-refractivity contribution in [1.82, 2.24) is 5.32 Å². The van der Waals surface area contributed by atoms with Gasteiger partial charge in [0.05, 0.1) is 14.2 Å². The maximum Gasteiger partial charge on any atom is 0.315 e. The van der Waals surface area contributed by atoms with E-state index in [1.54, 1.807) is 13.8 Å². The zero-order chi connectivity index (χ0) is 14.1. The maximum atomic E-state index is 11.6. The minimum absolute atomic E-state index is 0. The largest absolute Gasteiger partial charge is 0.469 e. The first kappa shape index (κ1) is 18.3. The lowest BCUT2D eigenvalue weighted by atomic mass is 9.75. The highest BCUT2D eigenvalue weighted by atomic mass is 79.9. The van der Waals surface area contributed by atoms with Crippen molar-refractivity contribution in [3.8, 4) is 0 Å². The second-order valence-corrected chi connectivity index (χ2v) is 4.53. The summed E-state index contributed by atoms with van der Waals surface area (Å²) in [4.78, 5) is 23.2. The number of hydrogen-bond acceptors (Lipinski definition) is 7. The second kappa shape index (κ2) is 6.65. The predicted octanol–water partition coefficient (Wildman–Crippen LogP) is -0.796. The van der Waals surface area contributed by atoms with Crippen molar-refractivity contribution < 1.29 is 29.3 Å². The Morgan fingerprint density at radius 1 is 1.00 bits per heavy atom. The molecule has 4 atom stereocenters. The lowest BCUT2D eigenvalue weighted by molar-refractivity contribution is -0.262. The van der Waals surface area contributed by atoms with Gasteiger partial charge in [-0.05, 0) is 13.8 Å². The predicted molar refractivity (Wildman–Crippen MR) is 70.6 cm³/mol. The molecule has 0 bridgehead atoms. The first-order valence-corrected chi connectivity index (χ1v) is 5.63. The van der Waals surface area contributed by atoms with Crippen LogP contribution in [-0.4, -0.2) is 54.2 Å². The van der Waals surface area contributed by atoms with E-state index in [1.807, 2.05) is 0 Å². The molecule has 2 unspecified atom stereocenters. The van der Waals surface area contributed by atoms with Crippen LogP contribution in [0.5, 0.6) is 0 Å². The fourth-order valence-electron chi connectivity index (χ4n) is 2.55. The molecule has 0 aromatic carbocycles. The van der Waals surface area contributed by atoms with E-state index >= 15 is 0 Å².